The van der Waals surface area contributed by atoms with Crippen molar-refractivity contribution in [1.82, 2.24) is 4.31 Å². The number of hydrogen-bond donors (Lipinski definition) is 1. The molecule has 7 heteroatoms. The lowest BCUT2D eigenvalue weighted by Gasteiger charge is -2.15. The second-order valence-electron chi connectivity index (χ2n) is 6.98. The summed E-state index contributed by atoms with van der Waals surface area (Å²) in [6, 6.07) is 11.9. The summed E-state index contributed by atoms with van der Waals surface area (Å²) in [5.74, 6) is 0.128. The fourth-order valence-electron chi connectivity index (χ4n) is 3.13. The molecule has 144 valence electrons. The Bertz CT molecular complexity index is 934. The van der Waals surface area contributed by atoms with Crippen molar-refractivity contribution in [2.24, 2.45) is 0 Å². The summed E-state index contributed by atoms with van der Waals surface area (Å²) in [5, 5.41) is 2.81. The molecular weight excluding hydrogens is 428 g/mol. The van der Waals surface area contributed by atoms with E-state index in [1.807, 2.05) is 6.07 Å². The Labute approximate surface area is 169 Å². The van der Waals surface area contributed by atoms with Gasteiger partial charge in [0.25, 0.3) is 5.91 Å². The Kier molecular flexibility index (Phi) is 6.03. The van der Waals surface area contributed by atoms with E-state index in [0.29, 0.717) is 30.3 Å². The molecule has 1 aliphatic rings. The number of anilines is 1. The summed E-state index contributed by atoms with van der Waals surface area (Å²) < 4.78 is 27.5. The smallest absolute Gasteiger partial charge is 0.255 e. The number of nitrogens with one attached hydrogen (secondary N) is 1. The van der Waals surface area contributed by atoms with Gasteiger partial charge in [0.05, 0.1) is 4.90 Å². The molecular formula is C20H23BrN2O3S. The molecule has 2 aromatic carbocycles. The number of halogens is 1. The minimum atomic E-state index is -3.44. The van der Waals surface area contributed by atoms with Gasteiger partial charge in [-0.25, -0.2) is 8.42 Å². The second kappa shape index (κ2) is 8.12. The van der Waals surface area contributed by atoms with E-state index in [4.69, 9.17) is 0 Å². The lowest BCUT2D eigenvalue weighted by atomic mass is 10.0. The average Bonchev–Trinajstić information content (AvgIpc) is 3.17. The molecule has 27 heavy (non-hydrogen) atoms. The van der Waals surface area contributed by atoms with Gasteiger partial charge in [0.2, 0.25) is 10.0 Å². The highest BCUT2D eigenvalue weighted by molar-refractivity contribution is 9.10. The fourth-order valence-corrected chi connectivity index (χ4v) is 5.48. The maximum absolute atomic E-state index is 12.5. The van der Waals surface area contributed by atoms with E-state index in [1.54, 1.807) is 36.4 Å². The molecule has 1 fully saturated rings. The van der Waals surface area contributed by atoms with E-state index < -0.39 is 10.0 Å². The minimum absolute atomic E-state index is 0.235. The number of amides is 1. The number of benzene rings is 2. The van der Waals surface area contributed by atoms with Gasteiger partial charge in [-0.2, -0.15) is 4.31 Å². The van der Waals surface area contributed by atoms with Gasteiger partial charge < -0.3 is 5.32 Å². The second-order valence-corrected chi connectivity index (χ2v) is 9.77. The van der Waals surface area contributed by atoms with Crippen molar-refractivity contribution in [2.75, 3.05) is 18.4 Å². The van der Waals surface area contributed by atoms with Crippen LogP contribution in [0.3, 0.4) is 0 Å². The topological polar surface area (TPSA) is 66.5 Å². The largest absolute Gasteiger partial charge is 0.322 e. The first-order valence-corrected chi connectivity index (χ1v) is 11.2. The standard InChI is InChI=1S/C20H23BrN2O3S/c1-14(2)18-10-5-15(13-19(18)21)20(24)22-16-6-8-17(9-7-16)27(25,26)23-11-3-4-12-23/h5-10,13-14H,3-4,11-12H2,1-2H3,(H,22,24). The van der Waals surface area contributed by atoms with Gasteiger partial charge in [-0.3, -0.25) is 4.79 Å². The van der Waals surface area contributed by atoms with Gasteiger partial charge in [-0.05, 0) is 60.7 Å². The quantitative estimate of drug-likeness (QED) is 0.722. The molecule has 1 aliphatic heterocycles. The molecule has 0 atom stereocenters. The number of carbonyl (C=O) groups is 1. The summed E-state index contributed by atoms with van der Waals surface area (Å²) >= 11 is 3.51. The highest BCUT2D eigenvalue weighted by Crippen LogP contribution is 2.26. The molecule has 1 saturated heterocycles. The number of sulfonamides is 1. The third-order valence-electron chi connectivity index (χ3n) is 4.70. The monoisotopic (exact) mass is 450 g/mol. The fraction of sp³-hybridized carbons (Fsp3) is 0.350. The average molecular weight is 451 g/mol. The van der Waals surface area contributed by atoms with Crippen molar-refractivity contribution in [3.8, 4) is 0 Å². The minimum Gasteiger partial charge on any atom is -0.322 e. The van der Waals surface area contributed by atoms with E-state index in [2.05, 4.69) is 35.1 Å². The summed E-state index contributed by atoms with van der Waals surface area (Å²) in [7, 11) is -3.44. The van der Waals surface area contributed by atoms with Gasteiger partial charge >= 0.3 is 0 Å². The van der Waals surface area contributed by atoms with Crippen molar-refractivity contribution in [1.29, 1.82) is 0 Å². The molecule has 1 N–H and O–H groups in total. The zero-order chi connectivity index (χ0) is 19.6. The molecule has 0 aliphatic carbocycles. The Morgan fingerprint density at radius 2 is 1.70 bits per heavy atom. The maximum Gasteiger partial charge on any atom is 0.255 e. The van der Waals surface area contributed by atoms with Crippen LogP contribution in [-0.2, 0) is 10.0 Å². The Hall–Kier alpha value is -1.70. The third-order valence-corrected chi connectivity index (χ3v) is 7.30. The van der Waals surface area contributed by atoms with E-state index in [9.17, 15) is 13.2 Å². The Morgan fingerprint density at radius 3 is 2.26 bits per heavy atom. The van der Waals surface area contributed by atoms with E-state index in [1.165, 1.54) is 4.31 Å². The van der Waals surface area contributed by atoms with Crippen LogP contribution in [0.5, 0.6) is 0 Å². The molecule has 2 aromatic rings. The summed E-state index contributed by atoms with van der Waals surface area (Å²) in [5.41, 5.74) is 2.24. The number of nitrogens with zero attached hydrogens (tertiary/aromatic N) is 1. The predicted molar refractivity (Wildman–Crippen MR) is 111 cm³/mol. The molecule has 0 bridgehead atoms. The van der Waals surface area contributed by atoms with E-state index in [-0.39, 0.29) is 10.8 Å². The molecule has 0 spiro atoms. The summed E-state index contributed by atoms with van der Waals surface area (Å²) in [4.78, 5) is 12.7. The number of rotatable bonds is 5. The SMILES string of the molecule is CC(C)c1ccc(C(=O)Nc2ccc(S(=O)(=O)N3CCCC3)cc2)cc1Br. The van der Waals surface area contributed by atoms with Crippen molar-refractivity contribution < 1.29 is 13.2 Å². The van der Waals surface area contributed by atoms with Crippen molar-refractivity contribution in [2.45, 2.75) is 37.5 Å². The Balaban J connectivity index is 1.73. The first kappa shape index (κ1) is 20.0. The molecule has 0 saturated carbocycles. The van der Waals surface area contributed by atoms with Gasteiger partial charge in [0.1, 0.15) is 0 Å². The van der Waals surface area contributed by atoms with E-state index >= 15 is 0 Å². The van der Waals surface area contributed by atoms with Crippen LogP contribution in [0.1, 0.15) is 48.5 Å². The van der Waals surface area contributed by atoms with Gasteiger partial charge in [0.15, 0.2) is 0 Å². The summed E-state index contributed by atoms with van der Waals surface area (Å²) in [6.07, 6.45) is 1.80. The van der Waals surface area contributed by atoms with Crippen molar-refractivity contribution in [3.63, 3.8) is 0 Å². The van der Waals surface area contributed by atoms with Crippen LogP contribution >= 0.6 is 15.9 Å². The lowest BCUT2D eigenvalue weighted by molar-refractivity contribution is 0.102. The van der Waals surface area contributed by atoms with Crippen LogP contribution in [0.4, 0.5) is 5.69 Å². The lowest BCUT2D eigenvalue weighted by Crippen LogP contribution is -2.27. The molecule has 5 nitrogen and oxygen atoms in total. The first-order valence-electron chi connectivity index (χ1n) is 9.00. The highest BCUT2D eigenvalue weighted by Gasteiger charge is 2.26. The molecule has 0 radical (unpaired) electrons. The van der Waals surface area contributed by atoms with Crippen LogP contribution in [0, 0.1) is 0 Å². The van der Waals surface area contributed by atoms with Crippen molar-refractivity contribution in [3.05, 3.63) is 58.1 Å². The number of carbonyl (C=O) groups excluding carboxylic acids is 1. The van der Waals surface area contributed by atoms with Gasteiger partial charge in [-0.1, -0.05) is 35.8 Å². The first-order chi connectivity index (χ1) is 12.8. The number of hydrogen-bond acceptors (Lipinski definition) is 3. The molecule has 1 amide bonds. The molecule has 1 heterocycles. The normalized spacial score (nSPS) is 15.3. The zero-order valence-electron chi connectivity index (χ0n) is 15.4. The summed E-state index contributed by atoms with van der Waals surface area (Å²) in [6.45, 7) is 5.33. The van der Waals surface area contributed by atoms with Crippen LogP contribution in [0.15, 0.2) is 51.8 Å². The highest BCUT2D eigenvalue weighted by atomic mass is 79.9. The van der Waals surface area contributed by atoms with Gasteiger partial charge in [0, 0.05) is 28.8 Å². The molecule has 3 rings (SSSR count). The van der Waals surface area contributed by atoms with Crippen LogP contribution in [0.25, 0.3) is 0 Å². The zero-order valence-corrected chi connectivity index (χ0v) is 17.8. The Morgan fingerprint density at radius 1 is 1.07 bits per heavy atom. The maximum atomic E-state index is 12.5. The molecule has 0 aromatic heterocycles. The molecule has 0 unspecified atom stereocenters. The van der Waals surface area contributed by atoms with E-state index in [0.717, 1.165) is 22.9 Å². The predicted octanol–water partition coefficient (Wildman–Crippen LogP) is 4.61. The van der Waals surface area contributed by atoms with Crippen molar-refractivity contribution >= 4 is 37.5 Å². The third kappa shape index (κ3) is 4.42. The van der Waals surface area contributed by atoms with Crippen LogP contribution in [-0.4, -0.2) is 31.7 Å². The van der Waals surface area contributed by atoms with Crippen LogP contribution < -0.4 is 5.32 Å². The van der Waals surface area contributed by atoms with Crippen LogP contribution in [0.2, 0.25) is 0 Å². The van der Waals surface area contributed by atoms with Gasteiger partial charge in [-0.15, -0.1) is 0 Å².